The van der Waals surface area contributed by atoms with E-state index < -0.39 is 0 Å². The highest BCUT2D eigenvalue weighted by Gasteiger charge is 2.38. The molecular formula is C20H20Cl2N2. The zero-order chi connectivity index (χ0) is 16.3. The van der Waals surface area contributed by atoms with Gasteiger partial charge in [-0.15, -0.1) is 0 Å². The van der Waals surface area contributed by atoms with Gasteiger partial charge in [-0.1, -0.05) is 23.2 Å². The van der Waals surface area contributed by atoms with Crippen LogP contribution < -0.4 is 10.2 Å². The molecule has 3 heterocycles. The molecule has 0 spiro atoms. The lowest BCUT2D eigenvalue weighted by molar-refractivity contribution is 0.470. The number of rotatable bonds is 1. The van der Waals surface area contributed by atoms with Gasteiger partial charge in [-0.05, 0) is 65.8 Å². The fourth-order valence-electron chi connectivity index (χ4n) is 4.78. The van der Waals surface area contributed by atoms with Crippen LogP contribution in [-0.4, -0.2) is 26.2 Å². The average Bonchev–Trinajstić information content (AvgIpc) is 3.06. The highest BCUT2D eigenvalue weighted by Crippen LogP contribution is 2.47. The Hall–Kier alpha value is -1.22. The van der Waals surface area contributed by atoms with Gasteiger partial charge in [0.15, 0.2) is 0 Å². The van der Waals surface area contributed by atoms with Crippen LogP contribution in [0.4, 0.5) is 5.69 Å². The van der Waals surface area contributed by atoms with E-state index in [1.54, 1.807) is 0 Å². The Labute approximate surface area is 152 Å². The minimum absolute atomic E-state index is 0.631. The molecule has 4 heteroatoms. The Balaban J connectivity index is 1.72. The molecule has 0 saturated carbocycles. The van der Waals surface area contributed by atoms with Crippen LogP contribution in [0, 0.1) is 5.92 Å². The molecule has 5 rings (SSSR count). The molecule has 0 radical (unpaired) electrons. The van der Waals surface area contributed by atoms with E-state index in [1.165, 1.54) is 41.9 Å². The number of hydrogen-bond acceptors (Lipinski definition) is 2. The van der Waals surface area contributed by atoms with Crippen LogP contribution in [0.1, 0.15) is 23.5 Å². The molecular weight excluding hydrogens is 339 g/mol. The normalized spacial score (nSPS) is 24.7. The van der Waals surface area contributed by atoms with E-state index in [-0.39, 0.29) is 0 Å². The Morgan fingerprint density at radius 1 is 1.08 bits per heavy atom. The van der Waals surface area contributed by atoms with E-state index in [4.69, 9.17) is 23.2 Å². The Morgan fingerprint density at radius 3 is 2.92 bits per heavy atom. The summed E-state index contributed by atoms with van der Waals surface area (Å²) in [6, 6.07) is 10.5. The van der Waals surface area contributed by atoms with Crippen molar-refractivity contribution in [2.24, 2.45) is 5.92 Å². The van der Waals surface area contributed by atoms with Crippen molar-refractivity contribution in [2.75, 3.05) is 31.1 Å². The molecule has 0 amide bonds. The van der Waals surface area contributed by atoms with Gasteiger partial charge in [0, 0.05) is 53.4 Å². The predicted octanol–water partition coefficient (Wildman–Crippen LogP) is 4.73. The lowest BCUT2D eigenvalue weighted by atomic mass is 9.79. The van der Waals surface area contributed by atoms with E-state index in [0.29, 0.717) is 5.92 Å². The third kappa shape index (κ3) is 2.28. The number of nitrogens with zero attached hydrogens (tertiary/aromatic N) is 1. The zero-order valence-corrected chi connectivity index (χ0v) is 15.0. The van der Waals surface area contributed by atoms with Crippen molar-refractivity contribution in [1.29, 1.82) is 0 Å². The largest absolute Gasteiger partial charge is 0.371 e. The lowest BCUT2D eigenvalue weighted by Crippen LogP contribution is -2.40. The second-order valence-electron chi connectivity index (χ2n) is 7.27. The highest BCUT2D eigenvalue weighted by molar-refractivity contribution is 6.35. The lowest BCUT2D eigenvalue weighted by Gasteiger charge is -2.42. The average molecular weight is 359 g/mol. The van der Waals surface area contributed by atoms with Crippen molar-refractivity contribution in [3.8, 4) is 11.1 Å². The van der Waals surface area contributed by atoms with Crippen LogP contribution >= 0.6 is 23.2 Å². The molecule has 2 atom stereocenters. The first-order chi connectivity index (χ1) is 11.7. The molecule has 2 nitrogen and oxygen atoms in total. The molecule has 1 N–H and O–H groups in total. The number of fused-ring (bicyclic) bond motifs is 2. The van der Waals surface area contributed by atoms with Gasteiger partial charge in [-0.25, -0.2) is 0 Å². The maximum atomic E-state index is 6.48. The second-order valence-corrected chi connectivity index (χ2v) is 8.12. The fraction of sp³-hybridized carbons (Fsp3) is 0.400. The van der Waals surface area contributed by atoms with E-state index in [1.807, 2.05) is 18.2 Å². The molecule has 1 saturated heterocycles. The number of aryl methyl sites for hydroxylation is 1. The van der Waals surface area contributed by atoms with E-state index in [2.05, 4.69) is 22.3 Å². The maximum Gasteiger partial charge on any atom is 0.0485 e. The summed E-state index contributed by atoms with van der Waals surface area (Å²) >= 11 is 12.7. The summed E-state index contributed by atoms with van der Waals surface area (Å²) < 4.78 is 0. The summed E-state index contributed by atoms with van der Waals surface area (Å²) in [4.78, 5) is 2.62. The minimum Gasteiger partial charge on any atom is -0.371 e. The number of anilines is 1. The summed E-state index contributed by atoms with van der Waals surface area (Å²) in [6.45, 7) is 4.63. The van der Waals surface area contributed by atoms with E-state index in [0.717, 1.165) is 41.0 Å². The molecule has 2 aromatic rings. The maximum absolute atomic E-state index is 6.48. The molecule has 1 fully saturated rings. The van der Waals surface area contributed by atoms with Crippen LogP contribution in [0.25, 0.3) is 11.1 Å². The molecule has 0 bridgehead atoms. The molecule has 3 aliphatic rings. The topological polar surface area (TPSA) is 15.3 Å². The van der Waals surface area contributed by atoms with Crippen LogP contribution in [0.15, 0.2) is 30.3 Å². The first kappa shape index (κ1) is 15.1. The van der Waals surface area contributed by atoms with Gasteiger partial charge in [0.25, 0.3) is 0 Å². The number of halogens is 2. The standard InChI is InChI=1S/C20H20Cl2N2/c21-15-3-4-19(22)16(8-15)13-6-12-2-1-5-24-11-14-9-23-10-18(14)17(7-13)20(12)24/h3-4,6-8,14,18,23H,1-2,5,9-11H2/t14?,18-/m1/s1. The molecule has 0 aliphatic carbocycles. The third-order valence-electron chi connectivity index (χ3n) is 5.84. The van der Waals surface area contributed by atoms with Gasteiger partial charge < -0.3 is 10.2 Å². The van der Waals surface area contributed by atoms with Crippen LogP contribution in [0.2, 0.25) is 10.0 Å². The van der Waals surface area contributed by atoms with Crippen molar-refractivity contribution in [1.82, 2.24) is 5.32 Å². The first-order valence-corrected chi connectivity index (χ1v) is 9.54. The number of benzene rings is 2. The summed E-state index contributed by atoms with van der Waals surface area (Å²) in [5, 5.41) is 5.11. The highest BCUT2D eigenvalue weighted by atomic mass is 35.5. The molecule has 0 aromatic heterocycles. The van der Waals surface area contributed by atoms with Gasteiger partial charge in [0.2, 0.25) is 0 Å². The van der Waals surface area contributed by atoms with Gasteiger partial charge >= 0.3 is 0 Å². The SMILES string of the molecule is Clc1ccc(Cl)c(-c2cc3c4c(c2)[C@@H]2CNCC2CN4CCC3)c1. The Bertz CT molecular complexity index is 818. The zero-order valence-electron chi connectivity index (χ0n) is 13.5. The third-order valence-corrected chi connectivity index (χ3v) is 6.41. The van der Waals surface area contributed by atoms with Crippen LogP contribution in [0.5, 0.6) is 0 Å². The summed E-state index contributed by atoms with van der Waals surface area (Å²) in [7, 11) is 0. The van der Waals surface area contributed by atoms with Gasteiger partial charge in [-0.3, -0.25) is 0 Å². The second kappa shape index (κ2) is 5.66. The molecule has 1 unspecified atom stereocenters. The van der Waals surface area contributed by atoms with Crippen LogP contribution in [0.3, 0.4) is 0 Å². The monoisotopic (exact) mass is 358 g/mol. The fourth-order valence-corrected chi connectivity index (χ4v) is 5.18. The van der Waals surface area contributed by atoms with Crippen molar-refractivity contribution in [2.45, 2.75) is 18.8 Å². The van der Waals surface area contributed by atoms with Crippen molar-refractivity contribution < 1.29 is 0 Å². The van der Waals surface area contributed by atoms with Crippen molar-refractivity contribution >= 4 is 28.9 Å². The quantitative estimate of drug-likeness (QED) is 0.792. The van der Waals surface area contributed by atoms with Gasteiger partial charge in [-0.2, -0.15) is 0 Å². The van der Waals surface area contributed by atoms with Crippen molar-refractivity contribution in [3.05, 3.63) is 51.5 Å². The van der Waals surface area contributed by atoms with E-state index in [9.17, 15) is 0 Å². The summed E-state index contributed by atoms with van der Waals surface area (Å²) in [5.41, 5.74) is 6.77. The molecule has 124 valence electrons. The minimum atomic E-state index is 0.631. The first-order valence-electron chi connectivity index (χ1n) is 8.78. The Morgan fingerprint density at radius 2 is 2.00 bits per heavy atom. The van der Waals surface area contributed by atoms with Crippen molar-refractivity contribution in [3.63, 3.8) is 0 Å². The Kier molecular flexibility index (Phi) is 3.55. The molecule has 3 aliphatic heterocycles. The molecule has 2 aromatic carbocycles. The van der Waals surface area contributed by atoms with Gasteiger partial charge in [0.1, 0.15) is 0 Å². The van der Waals surface area contributed by atoms with Gasteiger partial charge in [0.05, 0.1) is 0 Å². The van der Waals surface area contributed by atoms with Crippen LogP contribution in [-0.2, 0) is 6.42 Å². The van der Waals surface area contributed by atoms with E-state index >= 15 is 0 Å². The summed E-state index contributed by atoms with van der Waals surface area (Å²) in [5.74, 6) is 1.36. The number of hydrogen-bond donors (Lipinski definition) is 1. The smallest absolute Gasteiger partial charge is 0.0485 e. The predicted molar refractivity (Wildman–Crippen MR) is 102 cm³/mol. The number of nitrogens with one attached hydrogen (secondary N) is 1. The molecule has 24 heavy (non-hydrogen) atoms. The summed E-state index contributed by atoms with van der Waals surface area (Å²) in [6.07, 6.45) is 2.40.